The summed E-state index contributed by atoms with van der Waals surface area (Å²) in [6, 6.07) is 4.31. The minimum absolute atomic E-state index is 0.151. The topological polar surface area (TPSA) is 9.23 Å². The summed E-state index contributed by atoms with van der Waals surface area (Å²) in [6.07, 6.45) is 0. The van der Waals surface area contributed by atoms with Gasteiger partial charge in [-0.2, -0.15) is 0 Å². The molecule has 0 bridgehead atoms. The van der Waals surface area contributed by atoms with Crippen molar-refractivity contribution in [3.05, 3.63) is 47.1 Å². The summed E-state index contributed by atoms with van der Waals surface area (Å²) < 4.78 is 8.02. The van der Waals surface area contributed by atoms with Gasteiger partial charge in [-0.3, -0.25) is 0 Å². The molecule has 1 unspecified atom stereocenters. The summed E-state index contributed by atoms with van der Waals surface area (Å²) in [4.78, 5) is 0.151. The third kappa shape index (κ3) is 3.19. The molecule has 0 aliphatic rings. The van der Waals surface area contributed by atoms with Crippen LogP contribution in [0.1, 0.15) is 27.1 Å². The molecule has 1 aromatic heterocycles. The average Bonchev–Trinajstić information content (AvgIpc) is 2.79. The molecule has 0 aliphatic heterocycles. The van der Waals surface area contributed by atoms with Gasteiger partial charge in [0.15, 0.2) is 0 Å². The number of thiophene rings is 1. The van der Waals surface area contributed by atoms with Crippen molar-refractivity contribution in [3.8, 4) is 5.75 Å². The summed E-state index contributed by atoms with van der Waals surface area (Å²) in [5.41, 5.74) is 4.83. The van der Waals surface area contributed by atoms with Crippen LogP contribution in [0, 0.1) is 16.7 Å². The lowest BCUT2D eigenvalue weighted by molar-refractivity contribution is 0.406. The summed E-state index contributed by atoms with van der Waals surface area (Å²) in [6.45, 7) is 4.19. The highest BCUT2D eigenvalue weighted by atomic mass is 127. The minimum atomic E-state index is 0.151. The molecule has 2 rings (SSSR count). The van der Waals surface area contributed by atoms with Gasteiger partial charge in [0.05, 0.1) is 14.8 Å². The van der Waals surface area contributed by atoms with E-state index in [1.165, 1.54) is 19.6 Å². The maximum Gasteiger partial charge on any atom is 0.126 e. The van der Waals surface area contributed by atoms with Gasteiger partial charge in [-0.1, -0.05) is 31.9 Å². The number of methoxy groups -OCH3 is 1. The minimum Gasteiger partial charge on any atom is -0.496 e. The Labute approximate surface area is 148 Å². The molecule has 1 atom stereocenters. The maximum atomic E-state index is 5.61. The quantitative estimate of drug-likeness (QED) is 0.348. The molecule has 2 aromatic rings. The summed E-state index contributed by atoms with van der Waals surface area (Å²) in [7, 11) is 1.73. The van der Waals surface area contributed by atoms with Crippen LogP contribution in [0.5, 0.6) is 5.75 Å². The van der Waals surface area contributed by atoms with Gasteiger partial charge in [-0.15, -0.1) is 11.3 Å². The van der Waals surface area contributed by atoms with Crippen molar-refractivity contribution >= 4 is 65.8 Å². The first kappa shape index (κ1) is 15.8. The molecule has 1 nitrogen and oxygen atoms in total. The molecule has 102 valence electrons. The molecule has 0 amide bonds. The molecule has 0 aliphatic carbocycles. The molecule has 0 fully saturated rings. The molecule has 0 N–H and O–H groups in total. The Morgan fingerprint density at radius 3 is 2.53 bits per heavy atom. The highest BCUT2D eigenvalue weighted by Crippen LogP contribution is 2.43. The van der Waals surface area contributed by atoms with Gasteiger partial charge in [0.2, 0.25) is 0 Å². The average molecular weight is 516 g/mol. The number of ether oxygens (including phenoxy) is 1. The van der Waals surface area contributed by atoms with Crippen molar-refractivity contribution in [3.63, 3.8) is 0 Å². The second-order valence-electron chi connectivity index (χ2n) is 4.29. The van der Waals surface area contributed by atoms with E-state index < -0.39 is 0 Å². The predicted molar refractivity (Wildman–Crippen MR) is 98.0 cm³/mol. The third-order valence-corrected chi connectivity index (χ3v) is 6.66. The van der Waals surface area contributed by atoms with Crippen LogP contribution < -0.4 is 4.74 Å². The Balaban J connectivity index is 2.60. The van der Waals surface area contributed by atoms with E-state index in [4.69, 9.17) is 4.74 Å². The van der Waals surface area contributed by atoms with E-state index in [9.17, 15) is 0 Å². The number of halogens is 3. The Kier molecular flexibility index (Phi) is 5.36. The maximum absolute atomic E-state index is 5.61. The fourth-order valence-corrected chi connectivity index (χ4v) is 5.02. The second kappa shape index (κ2) is 6.45. The van der Waals surface area contributed by atoms with E-state index in [0.717, 1.165) is 15.8 Å². The molecule has 19 heavy (non-hydrogen) atoms. The Morgan fingerprint density at radius 1 is 1.32 bits per heavy atom. The van der Waals surface area contributed by atoms with Gasteiger partial charge in [-0.25, -0.2) is 0 Å². The largest absolute Gasteiger partial charge is 0.496 e. The SMILES string of the molecule is COc1c(C)cc(Br)c(C)c1C(Br)c1csc(I)c1. The van der Waals surface area contributed by atoms with E-state index in [0.29, 0.717) is 0 Å². The fraction of sp³-hybridized carbons (Fsp3) is 0.286. The highest BCUT2D eigenvalue weighted by Gasteiger charge is 2.22. The zero-order valence-electron chi connectivity index (χ0n) is 10.8. The lowest BCUT2D eigenvalue weighted by Gasteiger charge is -2.19. The Hall–Kier alpha value is 0.410. The molecule has 5 heteroatoms. The van der Waals surface area contributed by atoms with Crippen molar-refractivity contribution in [1.82, 2.24) is 0 Å². The van der Waals surface area contributed by atoms with Gasteiger partial charge in [0.1, 0.15) is 5.75 Å². The number of benzene rings is 1. The van der Waals surface area contributed by atoms with Crippen molar-refractivity contribution < 1.29 is 4.74 Å². The zero-order valence-corrected chi connectivity index (χ0v) is 16.9. The van der Waals surface area contributed by atoms with Gasteiger partial charge in [-0.05, 0) is 70.6 Å². The molecular formula is C14H13Br2IOS. The van der Waals surface area contributed by atoms with Crippen LogP contribution in [0.4, 0.5) is 0 Å². The first-order chi connectivity index (χ1) is 8.95. The van der Waals surface area contributed by atoms with Gasteiger partial charge >= 0.3 is 0 Å². The first-order valence-corrected chi connectivity index (χ1v) is 9.34. The van der Waals surface area contributed by atoms with E-state index in [1.54, 1.807) is 18.4 Å². The van der Waals surface area contributed by atoms with Crippen molar-refractivity contribution in [2.45, 2.75) is 18.7 Å². The van der Waals surface area contributed by atoms with E-state index in [-0.39, 0.29) is 4.83 Å². The number of hydrogen-bond acceptors (Lipinski definition) is 2. The van der Waals surface area contributed by atoms with Crippen molar-refractivity contribution in [2.75, 3.05) is 7.11 Å². The summed E-state index contributed by atoms with van der Waals surface area (Å²) in [5, 5.41) is 2.19. The molecule has 0 spiro atoms. The van der Waals surface area contributed by atoms with Crippen LogP contribution in [0.2, 0.25) is 0 Å². The molecular weight excluding hydrogens is 503 g/mol. The van der Waals surface area contributed by atoms with Gasteiger partial charge in [0.25, 0.3) is 0 Å². The lowest BCUT2D eigenvalue weighted by atomic mass is 9.98. The van der Waals surface area contributed by atoms with Crippen LogP contribution in [-0.2, 0) is 0 Å². The first-order valence-electron chi connectivity index (χ1n) is 5.67. The predicted octanol–water partition coefficient (Wildman–Crippen LogP) is 6.22. The zero-order chi connectivity index (χ0) is 14.2. The molecule has 0 saturated heterocycles. The van der Waals surface area contributed by atoms with Crippen LogP contribution in [-0.4, -0.2) is 7.11 Å². The fourth-order valence-electron chi connectivity index (χ4n) is 2.07. The standard InChI is InChI=1S/C14H13Br2IOS/c1-7-4-10(15)8(2)12(14(7)18-3)13(16)9-5-11(17)19-6-9/h4-6,13H,1-3H3. The van der Waals surface area contributed by atoms with Crippen LogP contribution in [0.3, 0.4) is 0 Å². The second-order valence-corrected chi connectivity index (χ2v) is 8.87. The Morgan fingerprint density at radius 2 is 2.00 bits per heavy atom. The van der Waals surface area contributed by atoms with E-state index >= 15 is 0 Å². The number of aryl methyl sites for hydroxylation is 1. The number of alkyl halides is 1. The molecule has 0 saturated carbocycles. The van der Waals surface area contributed by atoms with Crippen molar-refractivity contribution in [2.24, 2.45) is 0 Å². The van der Waals surface area contributed by atoms with Gasteiger partial charge < -0.3 is 4.74 Å². The van der Waals surface area contributed by atoms with Crippen LogP contribution in [0.15, 0.2) is 22.0 Å². The third-order valence-electron chi connectivity index (χ3n) is 3.05. The molecule has 0 radical (unpaired) electrons. The lowest BCUT2D eigenvalue weighted by Crippen LogP contribution is -2.02. The normalized spacial score (nSPS) is 12.5. The number of rotatable bonds is 3. The molecule has 1 heterocycles. The Bertz CT molecular complexity index is 610. The number of hydrogen-bond donors (Lipinski definition) is 0. The monoisotopic (exact) mass is 514 g/mol. The van der Waals surface area contributed by atoms with E-state index in [2.05, 4.69) is 85.8 Å². The summed E-state index contributed by atoms with van der Waals surface area (Å²) in [5.74, 6) is 0.962. The smallest absolute Gasteiger partial charge is 0.126 e. The highest BCUT2D eigenvalue weighted by molar-refractivity contribution is 14.1. The van der Waals surface area contributed by atoms with Crippen molar-refractivity contribution in [1.29, 1.82) is 0 Å². The van der Waals surface area contributed by atoms with Crippen LogP contribution >= 0.6 is 65.8 Å². The van der Waals surface area contributed by atoms with Crippen LogP contribution in [0.25, 0.3) is 0 Å². The summed E-state index contributed by atoms with van der Waals surface area (Å²) >= 11 is 11.6. The van der Waals surface area contributed by atoms with E-state index in [1.807, 2.05) is 0 Å². The van der Waals surface area contributed by atoms with Gasteiger partial charge in [0, 0.05) is 10.0 Å². The molecule has 1 aromatic carbocycles.